The van der Waals surface area contributed by atoms with E-state index >= 15 is 0 Å². The van der Waals surface area contributed by atoms with E-state index in [4.69, 9.17) is 16.6 Å². The highest BCUT2D eigenvalue weighted by molar-refractivity contribution is 6.31. The first-order valence-electron chi connectivity index (χ1n) is 15.7. The van der Waals surface area contributed by atoms with E-state index in [-0.39, 0.29) is 24.3 Å². The third kappa shape index (κ3) is 5.29. The Labute approximate surface area is 278 Å². The van der Waals surface area contributed by atoms with Crippen LogP contribution in [0.15, 0.2) is 157 Å². The van der Waals surface area contributed by atoms with Crippen LogP contribution in [-0.2, 0) is 12.1 Å². The van der Waals surface area contributed by atoms with Crippen LogP contribution in [0.5, 0.6) is 0 Å². The SMILES string of the molecule is CCC(=O)c1c(-c2ccccc2)c2cc(Cl)ccc2c(=O)n1Cc1cn(C(c2ccccc2)(c2ccccc2)c2ccccc2)cn1. The average Bonchev–Trinajstić information content (AvgIpc) is 3.59. The minimum Gasteiger partial charge on any atom is -0.319 e. The summed E-state index contributed by atoms with van der Waals surface area (Å²) < 4.78 is 3.71. The summed E-state index contributed by atoms with van der Waals surface area (Å²) in [6.45, 7) is 1.93. The molecule has 47 heavy (non-hydrogen) atoms. The molecule has 7 aromatic rings. The highest BCUT2D eigenvalue weighted by Crippen LogP contribution is 2.41. The van der Waals surface area contributed by atoms with Crippen LogP contribution < -0.4 is 5.56 Å². The fraction of sp³-hybridized carbons (Fsp3) is 0.0976. The summed E-state index contributed by atoms with van der Waals surface area (Å²) in [6, 6.07) is 46.0. The minimum atomic E-state index is -0.753. The Kier molecular flexibility index (Phi) is 8.15. The number of carbonyl (C=O) groups excluding carboxylic acids is 1. The molecule has 0 fully saturated rings. The van der Waals surface area contributed by atoms with E-state index in [0.717, 1.165) is 22.3 Å². The van der Waals surface area contributed by atoms with Gasteiger partial charge in [0, 0.05) is 28.6 Å². The van der Waals surface area contributed by atoms with E-state index in [0.29, 0.717) is 32.7 Å². The van der Waals surface area contributed by atoms with Gasteiger partial charge in [-0.2, -0.15) is 0 Å². The Morgan fingerprint density at radius 3 is 1.79 bits per heavy atom. The van der Waals surface area contributed by atoms with Gasteiger partial charge >= 0.3 is 0 Å². The smallest absolute Gasteiger partial charge is 0.259 e. The summed E-state index contributed by atoms with van der Waals surface area (Å²) in [5, 5.41) is 1.65. The molecule has 230 valence electrons. The zero-order valence-corrected chi connectivity index (χ0v) is 26.6. The molecule has 0 radical (unpaired) electrons. The second kappa shape index (κ2) is 12.7. The third-order valence-electron chi connectivity index (χ3n) is 8.80. The van der Waals surface area contributed by atoms with E-state index in [1.807, 2.05) is 104 Å². The predicted molar refractivity (Wildman–Crippen MR) is 189 cm³/mol. The van der Waals surface area contributed by atoms with Crippen molar-refractivity contribution in [3.05, 3.63) is 196 Å². The summed E-state index contributed by atoms with van der Waals surface area (Å²) in [4.78, 5) is 33.0. The summed E-state index contributed by atoms with van der Waals surface area (Å²) in [5.41, 5.74) is 4.72. The molecule has 0 N–H and O–H groups in total. The van der Waals surface area contributed by atoms with Crippen molar-refractivity contribution < 1.29 is 4.79 Å². The molecule has 0 atom stereocenters. The molecular formula is C41H32ClN3O2. The Balaban J connectivity index is 1.47. The number of hydrogen-bond acceptors (Lipinski definition) is 3. The van der Waals surface area contributed by atoms with E-state index in [1.165, 1.54) is 0 Å². The standard InChI is InChI=1S/C41H32ClN3O2/c1-2-37(46)39-38(29-15-7-3-8-16-29)36-25-33(42)23-24-35(36)40(47)45(39)27-34-26-44(28-43-34)41(30-17-9-4-10-18-30,31-19-11-5-12-20-31)32-21-13-6-14-22-32/h3-26,28H,2,27H2,1H3. The number of pyridine rings is 1. The van der Waals surface area contributed by atoms with Crippen LogP contribution >= 0.6 is 11.6 Å². The quantitative estimate of drug-likeness (QED) is 0.118. The van der Waals surface area contributed by atoms with Crippen molar-refractivity contribution in [3.63, 3.8) is 0 Å². The minimum absolute atomic E-state index is 0.111. The van der Waals surface area contributed by atoms with E-state index in [9.17, 15) is 9.59 Å². The van der Waals surface area contributed by atoms with Crippen LogP contribution in [0.3, 0.4) is 0 Å². The van der Waals surface area contributed by atoms with Crippen LogP contribution in [0.1, 0.15) is 46.2 Å². The number of rotatable bonds is 9. The largest absolute Gasteiger partial charge is 0.319 e. The van der Waals surface area contributed by atoms with Gasteiger partial charge in [0.25, 0.3) is 5.56 Å². The summed E-state index contributed by atoms with van der Waals surface area (Å²) in [5.74, 6) is -0.130. The molecule has 0 bridgehead atoms. The number of imidazole rings is 1. The van der Waals surface area contributed by atoms with Crippen LogP contribution in [0, 0.1) is 0 Å². The number of hydrogen-bond donors (Lipinski definition) is 0. The Bertz CT molecular complexity index is 2150. The zero-order chi connectivity index (χ0) is 32.4. The number of ketones is 1. The fourth-order valence-corrected chi connectivity index (χ4v) is 6.87. The molecule has 5 nitrogen and oxygen atoms in total. The van der Waals surface area contributed by atoms with E-state index in [1.54, 1.807) is 22.8 Å². The number of nitrogens with zero attached hydrogens (tertiary/aromatic N) is 3. The lowest BCUT2D eigenvalue weighted by molar-refractivity contribution is 0.0979. The van der Waals surface area contributed by atoms with Gasteiger partial charge in [-0.1, -0.05) is 140 Å². The summed E-state index contributed by atoms with van der Waals surface area (Å²) in [6.07, 6.45) is 4.06. The van der Waals surface area contributed by atoms with E-state index in [2.05, 4.69) is 41.0 Å². The van der Waals surface area contributed by atoms with Crippen molar-refractivity contribution in [1.29, 1.82) is 0 Å². The third-order valence-corrected chi connectivity index (χ3v) is 9.03. The highest BCUT2D eigenvalue weighted by atomic mass is 35.5. The van der Waals surface area contributed by atoms with Gasteiger partial charge in [-0.05, 0) is 45.8 Å². The molecule has 0 aliphatic carbocycles. The van der Waals surface area contributed by atoms with Gasteiger partial charge in [0.05, 0.1) is 24.3 Å². The van der Waals surface area contributed by atoms with Gasteiger partial charge in [0.1, 0.15) is 5.54 Å². The molecule has 2 heterocycles. The van der Waals surface area contributed by atoms with Gasteiger partial charge in [-0.15, -0.1) is 0 Å². The number of Topliss-reactive ketones (excluding diaryl/α,β-unsaturated/α-hetero) is 1. The van der Waals surface area contributed by atoms with Crippen molar-refractivity contribution in [2.24, 2.45) is 0 Å². The maximum atomic E-state index is 14.3. The predicted octanol–water partition coefficient (Wildman–Crippen LogP) is 9.00. The number of benzene rings is 5. The molecule has 0 saturated carbocycles. The van der Waals surface area contributed by atoms with Gasteiger partial charge < -0.3 is 4.57 Å². The normalized spacial score (nSPS) is 11.5. The molecule has 0 unspecified atom stereocenters. The van der Waals surface area contributed by atoms with Crippen LogP contribution in [0.2, 0.25) is 5.02 Å². The Morgan fingerprint density at radius 2 is 1.26 bits per heavy atom. The summed E-state index contributed by atoms with van der Waals surface area (Å²) in [7, 11) is 0. The lowest BCUT2D eigenvalue weighted by Gasteiger charge is -2.37. The molecular weight excluding hydrogens is 602 g/mol. The fourth-order valence-electron chi connectivity index (χ4n) is 6.70. The maximum absolute atomic E-state index is 14.3. The van der Waals surface area contributed by atoms with Crippen LogP contribution in [0.4, 0.5) is 0 Å². The van der Waals surface area contributed by atoms with Gasteiger partial charge in [-0.25, -0.2) is 4.98 Å². The number of halogens is 1. The van der Waals surface area contributed by atoms with E-state index < -0.39 is 5.54 Å². The highest BCUT2D eigenvalue weighted by Gasteiger charge is 2.38. The molecule has 0 amide bonds. The molecule has 0 aliphatic rings. The molecule has 5 aromatic carbocycles. The second-order valence-corrected chi connectivity index (χ2v) is 12.0. The van der Waals surface area contributed by atoms with Crippen molar-refractivity contribution in [2.45, 2.75) is 25.4 Å². The molecule has 0 saturated heterocycles. The van der Waals surface area contributed by atoms with Crippen molar-refractivity contribution in [2.75, 3.05) is 0 Å². The van der Waals surface area contributed by atoms with Gasteiger partial charge in [0.15, 0.2) is 5.78 Å². The molecule has 2 aromatic heterocycles. The average molecular weight is 634 g/mol. The van der Waals surface area contributed by atoms with Crippen molar-refractivity contribution >= 4 is 28.2 Å². The van der Waals surface area contributed by atoms with Gasteiger partial charge in [-0.3, -0.25) is 14.2 Å². The summed E-state index contributed by atoms with van der Waals surface area (Å²) >= 11 is 6.46. The van der Waals surface area contributed by atoms with Crippen molar-refractivity contribution in [1.82, 2.24) is 14.1 Å². The van der Waals surface area contributed by atoms with Gasteiger partial charge in [0.2, 0.25) is 0 Å². The number of carbonyl (C=O) groups is 1. The molecule has 7 rings (SSSR count). The first kappa shape index (κ1) is 30.2. The topological polar surface area (TPSA) is 56.9 Å². The lowest BCUT2D eigenvalue weighted by atomic mass is 9.77. The maximum Gasteiger partial charge on any atom is 0.259 e. The molecule has 6 heteroatoms. The zero-order valence-electron chi connectivity index (χ0n) is 25.9. The molecule has 0 spiro atoms. The second-order valence-electron chi connectivity index (χ2n) is 11.5. The Hall–Kier alpha value is -5.52. The number of aromatic nitrogens is 3. The monoisotopic (exact) mass is 633 g/mol. The van der Waals surface area contributed by atoms with Crippen LogP contribution in [-0.4, -0.2) is 19.9 Å². The number of fused-ring (bicyclic) bond motifs is 1. The van der Waals surface area contributed by atoms with Crippen LogP contribution in [0.25, 0.3) is 21.9 Å². The first-order valence-corrected chi connectivity index (χ1v) is 16.0. The lowest BCUT2D eigenvalue weighted by Crippen LogP contribution is -2.37. The first-order chi connectivity index (χ1) is 23.0. The van der Waals surface area contributed by atoms with Crippen molar-refractivity contribution in [3.8, 4) is 11.1 Å². The molecule has 0 aliphatic heterocycles. The Morgan fingerprint density at radius 1 is 0.723 bits per heavy atom.